The minimum atomic E-state index is -0.220. The Labute approximate surface area is 170 Å². The van der Waals surface area contributed by atoms with Crippen LogP contribution in [0.5, 0.6) is 5.75 Å². The van der Waals surface area contributed by atoms with Crippen LogP contribution in [0.1, 0.15) is 36.2 Å². The number of ether oxygens (including phenoxy) is 1. The van der Waals surface area contributed by atoms with Crippen molar-refractivity contribution in [1.82, 2.24) is 5.32 Å². The molecule has 148 valence electrons. The Hall–Kier alpha value is -2.53. The number of hydrogen-bond donors (Lipinski definition) is 2. The van der Waals surface area contributed by atoms with Gasteiger partial charge in [0.15, 0.2) is 0 Å². The van der Waals surface area contributed by atoms with Gasteiger partial charge in [0, 0.05) is 22.8 Å². The summed E-state index contributed by atoms with van der Waals surface area (Å²) in [6.07, 6.45) is 1.55. The van der Waals surface area contributed by atoms with E-state index in [4.69, 9.17) is 16.3 Å². The number of benzene rings is 2. The van der Waals surface area contributed by atoms with Crippen LogP contribution in [-0.2, 0) is 11.2 Å². The molecule has 0 spiro atoms. The smallest absolute Gasteiger partial charge is 0.255 e. The van der Waals surface area contributed by atoms with E-state index in [0.29, 0.717) is 41.8 Å². The summed E-state index contributed by atoms with van der Waals surface area (Å²) in [5, 5.41) is 6.45. The molecule has 0 aromatic heterocycles. The zero-order valence-electron chi connectivity index (χ0n) is 16.1. The average molecular weight is 401 g/mol. The summed E-state index contributed by atoms with van der Waals surface area (Å²) in [6, 6.07) is 12.2. The number of carbonyl (C=O) groups is 2. The first kappa shape index (κ1) is 20.2. The molecule has 5 nitrogen and oxygen atoms in total. The fourth-order valence-corrected chi connectivity index (χ4v) is 3.20. The third-order valence-electron chi connectivity index (χ3n) is 4.72. The van der Waals surface area contributed by atoms with Crippen molar-refractivity contribution in [3.8, 4) is 5.75 Å². The molecule has 0 saturated carbocycles. The molecule has 3 rings (SSSR count). The topological polar surface area (TPSA) is 67.4 Å². The van der Waals surface area contributed by atoms with Gasteiger partial charge in [0.2, 0.25) is 5.91 Å². The Balaban J connectivity index is 1.63. The van der Waals surface area contributed by atoms with E-state index in [9.17, 15) is 9.59 Å². The molecule has 0 aliphatic carbocycles. The average Bonchev–Trinajstić information content (AvgIpc) is 2.67. The Morgan fingerprint density at radius 1 is 1.18 bits per heavy atom. The Morgan fingerprint density at radius 3 is 2.64 bits per heavy atom. The number of amides is 2. The molecule has 0 saturated heterocycles. The lowest BCUT2D eigenvalue weighted by atomic mass is 9.95. The molecule has 0 bridgehead atoms. The van der Waals surface area contributed by atoms with Gasteiger partial charge in [-0.05, 0) is 66.8 Å². The number of rotatable bonds is 6. The SMILES string of the molecule is CC(C)CCNC(=O)[C@H]1COc2ccc(NC(=O)c3ccc(Cl)cc3)cc2C1. The van der Waals surface area contributed by atoms with Crippen molar-refractivity contribution in [2.24, 2.45) is 11.8 Å². The number of carbonyl (C=O) groups excluding carboxylic acids is 2. The highest BCUT2D eigenvalue weighted by Crippen LogP contribution is 2.30. The fourth-order valence-electron chi connectivity index (χ4n) is 3.07. The van der Waals surface area contributed by atoms with Gasteiger partial charge in [-0.2, -0.15) is 0 Å². The summed E-state index contributed by atoms with van der Waals surface area (Å²) in [5.41, 5.74) is 2.12. The first-order chi connectivity index (χ1) is 13.4. The fraction of sp³-hybridized carbons (Fsp3) is 0.364. The second-order valence-electron chi connectivity index (χ2n) is 7.47. The second-order valence-corrected chi connectivity index (χ2v) is 7.91. The van der Waals surface area contributed by atoms with Crippen molar-refractivity contribution in [2.45, 2.75) is 26.7 Å². The van der Waals surface area contributed by atoms with Gasteiger partial charge >= 0.3 is 0 Å². The molecular weight excluding hydrogens is 376 g/mol. The van der Waals surface area contributed by atoms with E-state index in [1.165, 1.54) is 0 Å². The molecule has 1 atom stereocenters. The van der Waals surface area contributed by atoms with E-state index in [-0.39, 0.29) is 17.7 Å². The molecule has 28 heavy (non-hydrogen) atoms. The maximum atomic E-state index is 12.4. The van der Waals surface area contributed by atoms with E-state index in [0.717, 1.165) is 17.7 Å². The summed E-state index contributed by atoms with van der Waals surface area (Å²) in [7, 11) is 0. The zero-order chi connectivity index (χ0) is 20.1. The minimum absolute atomic E-state index is 0.0157. The van der Waals surface area contributed by atoms with Gasteiger partial charge in [0.25, 0.3) is 5.91 Å². The maximum absolute atomic E-state index is 12.4. The molecule has 1 aliphatic rings. The maximum Gasteiger partial charge on any atom is 0.255 e. The lowest BCUT2D eigenvalue weighted by molar-refractivity contribution is -0.126. The first-order valence-electron chi connectivity index (χ1n) is 9.52. The van der Waals surface area contributed by atoms with E-state index >= 15 is 0 Å². The highest BCUT2D eigenvalue weighted by atomic mass is 35.5. The standard InChI is InChI=1S/C22H25ClN2O3/c1-14(2)9-10-24-21(26)17-11-16-12-19(7-8-20(16)28-13-17)25-22(27)15-3-5-18(23)6-4-15/h3-8,12,14,17H,9-11,13H2,1-2H3,(H,24,26)(H,25,27)/t17-/m1/s1. The zero-order valence-corrected chi connectivity index (χ0v) is 16.9. The summed E-state index contributed by atoms with van der Waals surface area (Å²) >= 11 is 5.86. The summed E-state index contributed by atoms with van der Waals surface area (Å²) in [5.74, 6) is 0.895. The highest BCUT2D eigenvalue weighted by molar-refractivity contribution is 6.30. The number of anilines is 1. The van der Waals surface area contributed by atoms with Gasteiger partial charge in [0.05, 0.1) is 5.92 Å². The molecule has 0 radical (unpaired) electrons. The molecule has 2 aromatic carbocycles. The van der Waals surface area contributed by atoms with E-state index in [1.807, 2.05) is 12.1 Å². The van der Waals surface area contributed by atoms with Gasteiger partial charge < -0.3 is 15.4 Å². The van der Waals surface area contributed by atoms with E-state index < -0.39 is 0 Å². The van der Waals surface area contributed by atoms with Crippen LogP contribution in [0.4, 0.5) is 5.69 Å². The number of halogens is 1. The van der Waals surface area contributed by atoms with Crippen molar-refractivity contribution in [1.29, 1.82) is 0 Å². The second kappa shape index (κ2) is 9.11. The quantitative estimate of drug-likeness (QED) is 0.759. The summed E-state index contributed by atoms with van der Waals surface area (Å²) in [6.45, 7) is 5.31. The van der Waals surface area contributed by atoms with Crippen LogP contribution in [0.2, 0.25) is 5.02 Å². The van der Waals surface area contributed by atoms with Crippen molar-refractivity contribution < 1.29 is 14.3 Å². The van der Waals surface area contributed by atoms with E-state index in [1.54, 1.807) is 30.3 Å². The Kier molecular flexibility index (Phi) is 6.57. The molecule has 0 fully saturated rings. The van der Waals surface area contributed by atoms with Crippen molar-refractivity contribution in [2.75, 3.05) is 18.5 Å². The largest absolute Gasteiger partial charge is 0.492 e. The molecule has 2 aromatic rings. The van der Waals surface area contributed by atoms with Gasteiger partial charge in [-0.3, -0.25) is 9.59 Å². The Bertz CT molecular complexity index is 849. The van der Waals surface area contributed by atoms with Gasteiger partial charge in [0.1, 0.15) is 12.4 Å². The van der Waals surface area contributed by atoms with Crippen molar-refractivity contribution >= 4 is 29.1 Å². The van der Waals surface area contributed by atoms with Crippen molar-refractivity contribution in [3.63, 3.8) is 0 Å². The lowest BCUT2D eigenvalue weighted by Crippen LogP contribution is -2.38. The van der Waals surface area contributed by atoms with Crippen LogP contribution < -0.4 is 15.4 Å². The van der Waals surface area contributed by atoms with Gasteiger partial charge in [-0.1, -0.05) is 25.4 Å². The molecular formula is C22H25ClN2O3. The molecule has 2 amide bonds. The van der Waals surface area contributed by atoms with Crippen LogP contribution in [-0.4, -0.2) is 25.0 Å². The molecule has 1 heterocycles. The highest BCUT2D eigenvalue weighted by Gasteiger charge is 2.26. The van der Waals surface area contributed by atoms with Crippen molar-refractivity contribution in [3.05, 3.63) is 58.6 Å². The number of hydrogen-bond acceptors (Lipinski definition) is 3. The normalized spacial score (nSPS) is 15.5. The Morgan fingerprint density at radius 2 is 1.93 bits per heavy atom. The predicted octanol–water partition coefficient (Wildman–Crippen LogP) is 4.31. The molecule has 2 N–H and O–H groups in total. The molecule has 0 unspecified atom stereocenters. The van der Waals surface area contributed by atoms with Gasteiger partial charge in [-0.15, -0.1) is 0 Å². The van der Waals surface area contributed by atoms with E-state index in [2.05, 4.69) is 24.5 Å². The first-order valence-corrected chi connectivity index (χ1v) is 9.90. The number of fused-ring (bicyclic) bond motifs is 1. The van der Waals surface area contributed by atoms with Crippen LogP contribution >= 0.6 is 11.6 Å². The van der Waals surface area contributed by atoms with Crippen LogP contribution in [0, 0.1) is 11.8 Å². The van der Waals surface area contributed by atoms with Crippen LogP contribution in [0.15, 0.2) is 42.5 Å². The predicted molar refractivity (Wildman–Crippen MR) is 111 cm³/mol. The lowest BCUT2D eigenvalue weighted by Gasteiger charge is -2.25. The minimum Gasteiger partial charge on any atom is -0.492 e. The van der Waals surface area contributed by atoms with Gasteiger partial charge in [-0.25, -0.2) is 0 Å². The summed E-state index contributed by atoms with van der Waals surface area (Å²) in [4.78, 5) is 24.8. The third-order valence-corrected chi connectivity index (χ3v) is 4.97. The van der Waals surface area contributed by atoms with Crippen LogP contribution in [0.25, 0.3) is 0 Å². The molecule has 6 heteroatoms. The number of nitrogens with one attached hydrogen (secondary N) is 2. The molecule has 1 aliphatic heterocycles. The van der Waals surface area contributed by atoms with Crippen LogP contribution in [0.3, 0.4) is 0 Å². The summed E-state index contributed by atoms with van der Waals surface area (Å²) < 4.78 is 5.75. The monoisotopic (exact) mass is 400 g/mol. The third kappa shape index (κ3) is 5.26.